The number of nitrogens with zero attached hydrogens (tertiary/aromatic N) is 1. The van der Waals surface area contributed by atoms with Gasteiger partial charge in [0.1, 0.15) is 17.0 Å². The summed E-state index contributed by atoms with van der Waals surface area (Å²) < 4.78 is 40.0. The predicted octanol–water partition coefficient (Wildman–Crippen LogP) is 3.37. The minimum Gasteiger partial charge on any atom is -0.497 e. The molecule has 2 aromatic carbocycles. The number of carbonyl (C=O) groups excluding carboxylic acids is 1. The molecule has 1 aromatic heterocycles. The standard InChI is InChI=1S/C19H20N2O6S2/c1-4-29(23,24)13-6-8-17-15(10-13)21-19(27-17)28-11-18(22)20-14-9-12(25-2)5-7-16(14)26-3/h5-10H,4,11H2,1-3H3,(H,20,22). The SMILES string of the molecule is CCS(=O)(=O)c1ccc2oc(SCC(=O)Nc3cc(OC)ccc3OC)nc2c1. The molecular formula is C19H20N2O6S2. The molecule has 0 fully saturated rings. The molecule has 154 valence electrons. The number of thioether (sulfide) groups is 1. The zero-order chi connectivity index (χ0) is 21.0. The first-order valence-electron chi connectivity index (χ1n) is 8.64. The number of amides is 1. The lowest BCUT2D eigenvalue weighted by Crippen LogP contribution is -2.14. The quantitative estimate of drug-likeness (QED) is 0.536. The molecule has 3 aromatic rings. The second kappa shape index (κ2) is 8.75. The number of fused-ring (bicyclic) bond motifs is 1. The maximum Gasteiger partial charge on any atom is 0.257 e. The molecule has 10 heteroatoms. The van der Waals surface area contributed by atoms with Crippen molar-refractivity contribution in [3.8, 4) is 11.5 Å². The van der Waals surface area contributed by atoms with Gasteiger partial charge in [-0.05, 0) is 30.3 Å². The van der Waals surface area contributed by atoms with Crippen molar-refractivity contribution in [2.75, 3.05) is 31.0 Å². The van der Waals surface area contributed by atoms with Crippen LogP contribution >= 0.6 is 11.8 Å². The lowest BCUT2D eigenvalue weighted by Gasteiger charge is -2.11. The van der Waals surface area contributed by atoms with Crippen LogP contribution in [0.3, 0.4) is 0 Å². The van der Waals surface area contributed by atoms with Gasteiger partial charge in [0.05, 0.1) is 36.3 Å². The van der Waals surface area contributed by atoms with Gasteiger partial charge in [-0.1, -0.05) is 18.7 Å². The summed E-state index contributed by atoms with van der Waals surface area (Å²) in [5.41, 5.74) is 1.37. The Labute approximate surface area is 172 Å². The van der Waals surface area contributed by atoms with Crippen molar-refractivity contribution in [2.45, 2.75) is 17.0 Å². The van der Waals surface area contributed by atoms with E-state index in [2.05, 4.69) is 10.3 Å². The second-order valence-electron chi connectivity index (χ2n) is 5.92. The van der Waals surface area contributed by atoms with E-state index in [4.69, 9.17) is 13.9 Å². The largest absolute Gasteiger partial charge is 0.497 e. The Morgan fingerprint density at radius 1 is 1.17 bits per heavy atom. The van der Waals surface area contributed by atoms with Crippen molar-refractivity contribution in [3.63, 3.8) is 0 Å². The van der Waals surface area contributed by atoms with E-state index < -0.39 is 9.84 Å². The number of hydrogen-bond donors (Lipinski definition) is 1. The fourth-order valence-electron chi connectivity index (χ4n) is 2.53. The van der Waals surface area contributed by atoms with Crippen LogP contribution < -0.4 is 14.8 Å². The van der Waals surface area contributed by atoms with E-state index in [0.717, 1.165) is 11.8 Å². The summed E-state index contributed by atoms with van der Waals surface area (Å²) in [6.45, 7) is 1.58. The summed E-state index contributed by atoms with van der Waals surface area (Å²) in [4.78, 5) is 16.8. The van der Waals surface area contributed by atoms with Crippen LogP contribution in [0.4, 0.5) is 5.69 Å². The first kappa shape index (κ1) is 21.0. The zero-order valence-electron chi connectivity index (χ0n) is 16.1. The van der Waals surface area contributed by atoms with Gasteiger partial charge in [0, 0.05) is 6.07 Å². The van der Waals surface area contributed by atoms with Gasteiger partial charge in [-0.25, -0.2) is 13.4 Å². The lowest BCUT2D eigenvalue weighted by molar-refractivity contribution is -0.113. The average Bonchev–Trinajstić information content (AvgIpc) is 3.14. The van der Waals surface area contributed by atoms with Crippen molar-refractivity contribution in [1.82, 2.24) is 4.98 Å². The molecule has 29 heavy (non-hydrogen) atoms. The Morgan fingerprint density at radius 2 is 1.97 bits per heavy atom. The number of anilines is 1. The van der Waals surface area contributed by atoms with Gasteiger partial charge in [0.2, 0.25) is 5.91 Å². The van der Waals surface area contributed by atoms with E-state index in [-0.39, 0.29) is 27.5 Å². The third kappa shape index (κ3) is 4.83. The van der Waals surface area contributed by atoms with Gasteiger partial charge in [0.15, 0.2) is 15.4 Å². The Morgan fingerprint density at radius 3 is 2.66 bits per heavy atom. The van der Waals surface area contributed by atoms with Crippen molar-refractivity contribution < 1.29 is 27.1 Å². The molecule has 0 aliphatic rings. The van der Waals surface area contributed by atoms with Gasteiger partial charge >= 0.3 is 0 Å². The zero-order valence-corrected chi connectivity index (χ0v) is 17.7. The van der Waals surface area contributed by atoms with Crippen LogP contribution in [0.25, 0.3) is 11.1 Å². The number of sulfone groups is 1. The van der Waals surface area contributed by atoms with Gasteiger partial charge in [0.25, 0.3) is 5.22 Å². The highest BCUT2D eigenvalue weighted by atomic mass is 32.2. The molecule has 0 radical (unpaired) electrons. The van der Waals surface area contributed by atoms with E-state index in [1.54, 1.807) is 31.2 Å². The summed E-state index contributed by atoms with van der Waals surface area (Å²) in [5, 5.41) is 3.04. The number of aromatic nitrogens is 1. The molecule has 1 N–H and O–H groups in total. The molecule has 0 aliphatic heterocycles. The Balaban J connectivity index is 1.70. The number of oxazole rings is 1. The summed E-state index contributed by atoms with van der Waals surface area (Å²) in [5.74, 6) is 0.874. The average molecular weight is 437 g/mol. The summed E-state index contributed by atoms with van der Waals surface area (Å²) in [7, 11) is -0.281. The molecule has 0 atom stereocenters. The molecule has 0 saturated carbocycles. The fraction of sp³-hybridized carbons (Fsp3) is 0.263. The number of hydrogen-bond acceptors (Lipinski definition) is 8. The van der Waals surface area contributed by atoms with Crippen LogP contribution in [0, 0.1) is 0 Å². The van der Waals surface area contributed by atoms with Crippen LogP contribution in [-0.4, -0.2) is 45.0 Å². The minimum absolute atomic E-state index is 0.00582. The number of benzene rings is 2. The van der Waals surface area contributed by atoms with Gasteiger partial charge in [-0.3, -0.25) is 4.79 Å². The van der Waals surface area contributed by atoms with Crippen LogP contribution in [0.2, 0.25) is 0 Å². The predicted molar refractivity (Wildman–Crippen MR) is 111 cm³/mol. The van der Waals surface area contributed by atoms with E-state index >= 15 is 0 Å². The monoisotopic (exact) mass is 436 g/mol. The van der Waals surface area contributed by atoms with E-state index in [1.807, 2.05) is 0 Å². The van der Waals surface area contributed by atoms with Crippen molar-refractivity contribution in [1.29, 1.82) is 0 Å². The molecular weight excluding hydrogens is 416 g/mol. The third-order valence-corrected chi connectivity index (χ3v) is 6.65. The highest BCUT2D eigenvalue weighted by Crippen LogP contribution is 2.30. The first-order valence-corrected chi connectivity index (χ1v) is 11.3. The first-order chi connectivity index (χ1) is 13.9. The number of nitrogens with one attached hydrogen (secondary N) is 1. The topological polar surface area (TPSA) is 108 Å². The number of carbonyl (C=O) groups is 1. The lowest BCUT2D eigenvalue weighted by atomic mass is 10.2. The summed E-state index contributed by atoms with van der Waals surface area (Å²) in [6.07, 6.45) is 0. The molecule has 0 spiro atoms. The smallest absolute Gasteiger partial charge is 0.257 e. The van der Waals surface area contributed by atoms with E-state index in [1.165, 1.54) is 26.4 Å². The summed E-state index contributed by atoms with van der Waals surface area (Å²) >= 11 is 1.10. The molecule has 0 unspecified atom stereocenters. The highest BCUT2D eigenvalue weighted by Gasteiger charge is 2.16. The normalized spacial score (nSPS) is 11.4. The fourth-order valence-corrected chi connectivity index (χ4v) is 4.07. The van der Waals surface area contributed by atoms with Gasteiger partial charge in [-0.15, -0.1) is 0 Å². The molecule has 8 nitrogen and oxygen atoms in total. The van der Waals surface area contributed by atoms with Gasteiger partial charge in [-0.2, -0.15) is 0 Å². The maximum absolute atomic E-state index is 12.3. The van der Waals surface area contributed by atoms with Crippen molar-refractivity contribution in [3.05, 3.63) is 36.4 Å². The molecule has 3 rings (SSSR count). The molecule has 0 aliphatic carbocycles. The number of ether oxygens (including phenoxy) is 2. The highest BCUT2D eigenvalue weighted by molar-refractivity contribution is 7.99. The Kier molecular flexibility index (Phi) is 6.33. The molecule has 0 saturated heterocycles. The number of rotatable bonds is 8. The van der Waals surface area contributed by atoms with E-state index in [0.29, 0.717) is 28.3 Å². The van der Waals surface area contributed by atoms with Gasteiger partial charge < -0.3 is 19.2 Å². The molecule has 1 heterocycles. The van der Waals surface area contributed by atoms with Crippen molar-refractivity contribution >= 4 is 44.3 Å². The molecule has 1 amide bonds. The van der Waals surface area contributed by atoms with Crippen molar-refractivity contribution in [2.24, 2.45) is 0 Å². The Bertz CT molecular complexity index is 1140. The maximum atomic E-state index is 12.3. The minimum atomic E-state index is -3.33. The van der Waals surface area contributed by atoms with Crippen LogP contribution in [0.1, 0.15) is 6.92 Å². The number of methoxy groups -OCH3 is 2. The van der Waals surface area contributed by atoms with E-state index in [9.17, 15) is 13.2 Å². The van der Waals surface area contributed by atoms with Crippen LogP contribution in [-0.2, 0) is 14.6 Å². The van der Waals surface area contributed by atoms with Crippen LogP contribution in [0.5, 0.6) is 11.5 Å². The molecule has 0 bridgehead atoms. The summed E-state index contributed by atoms with van der Waals surface area (Å²) in [6, 6.07) is 9.62. The Hall–Kier alpha value is -2.72. The van der Waals surface area contributed by atoms with Crippen LogP contribution in [0.15, 0.2) is 50.9 Å². The second-order valence-corrected chi connectivity index (χ2v) is 9.12. The third-order valence-electron chi connectivity index (χ3n) is 4.09.